The number of ether oxygens (including phenoxy) is 1. The van der Waals surface area contributed by atoms with Crippen LogP contribution in [0, 0.1) is 0 Å². The summed E-state index contributed by atoms with van der Waals surface area (Å²) < 4.78 is 5.25. The topological polar surface area (TPSA) is 68.4 Å². The fourth-order valence-corrected chi connectivity index (χ4v) is 1.89. The van der Waals surface area contributed by atoms with Crippen LogP contribution in [0.15, 0.2) is 6.20 Å². The summed E-state index contributed by atoms with van der Waals surface area (Å²) in [5, 5.41) is 10.8. The number of thiazole rings is 1. The summed E-state index contributed by atoms with van der Waals surface area (Å²) in [5.41, 5.74) is 3.75. The quantitative estimate of drug-likeness (QED) is 0.800. The van der Waals surface area contributed by atoms with Crippen molar-refractivity contribution in [3.05, 3.63) is 11.1 Å². The van der Waals surface area contributed by atoms with Crippen LogP contribution in [0.1, 0.15) is 25.6 Å². The average molecular weight is 216 g/mol. The van der Waals surface area contributed by atoms with Crippen LogP contribution in [0.3, 0.4) is 0 Å². The van der Waals surface area contributed by atoms with Crippen LogP contribution in [-0.2, 0) is 10.3 Å². The van der Waals surface area contributed by atoms with Gasteiger partial charge >= 0.3 is 0 Å². The van der Waals surface area contributed by atoms with E-state index in [4.69, 9.17) is 10.5 Å². The molecule has 5 heteroatoms. The van der Waals surface area contributed by atoms with Gasteiger partial charge in [0, 0.05) is 13.3 Å². The standard InChI is InChI=1S/C9H16N2O2S/c1-8(2,13-4)9(3,12)6-5-11-7(10)14-6/h5,12H,1-4H3,(H2,10,11). The van der Waals surface area contributed by atoms with Crippen LogP contribution < -0.4 is 5.73 Å². The SMILES string of the molecule is COC(C)(C)C(C)(O)c1cnc(N)s1. The Kier molecular flexibility index (Phi) is 2.85. The van der Waals surface area contributed by atoms with E-state index in [9.17, 15) is 5.11 Å². The fourth-order valence-electron chi connectivity index (χ4n) is 1.01. The Labute approximate surface area is 87.7 Å². The highest BCUT2D eigenvalue weighted by molar-refractivity contribution is 7.15. The van der Waals surface area contributed by atoms with Crippen LogP contribution in [-0.4, -0.2) is 22.8 Å². The number of nitrogens with two attached hydrogens (primary N) is 1. The van der Waals surface area contributed by atoms with Crippen LogP contribution in [0.25, 0.3) is 0 Å². The van der Waals surface area contributed by atoms with Crippen molar-refractivity contribution >= 4 is 16.5 Å². The second-order valence-corrected chi connectivity index (χ2v) is 4.91. The van der Waals surface area contributed by atoms with Gasteiger partial charge in [0.2, 0.25) is 0 Å². The van der Waals surface area contributed by atoms with Crippen molar-refractivity contribution in [2.45, 2.75) is 32.0 Å². The third kappa shape index (κ3) is 1.75. The molecule has 0 aromatic carbocycles. The number of nitrogens with zero attached hydrogens (tertiary/aromatic N) is 1. The lowest BCUT2D eigenvalue weighted by Crippen LogP contribution is -2.46. The van der Waals surface area contributed by atoms with Crippen molar-refractivity contribution in [1.29, 1.82) is 0 Å². The van der Waals surface area contributed by atoms with Crippen molar-refractivity contribution in [3.63, 3.8) is 0 Å². The lowest BCUT2D eigenvalue weighted by molar-refractivity contribution is -0.143. The molecule has 0 bridgehead atoms. The molecule has 1 atom stereocenters. The molecule has 4 nitrogen and oxygen atoms in total. The maximum Gasteiger partial charge on any atom is 0.180 e. The number of aromatic nitrogens is 1. The smallest absolute Gasteiger partial charge is 0.180 e. The molecule has 0 radical (unpaired) electrons. The van der Waals surface area contributed by atoms with Gasteiger partial charge in [0.15, 0.2) is 5.13 Å². The summed E-state index contributed by atoms with van der Waals surface area (Å²) in [6.45, 7) is 5.34. The second-order valence-electron chi connectivity index (χ2n) is 3.85. The number of nitrogen functional groups attached to an aromatic ring is 1. The van der Waals surface area contributed by atoms with Gasteiger partial charge in [-0.3, -0.25) is 0 Å². The minimum atomic E-state index is -1.09. The lowest BCUT2D eigenvalue weighted by Gasteiger charge is -2.37. The molecule has 0 aliphatic rings. The van der Waals surface area contributed by atoms with Gasteiger partial charge in [0.1, 0.15) is 5.60 Å². The van der Waals surface area contributed by atoms with Crippen LogP contribution in [0.5, 0.6) is 0 Å². The highest BCUT2D eigenvalue weighted by Gasteiger charge is 2.42. The van der Waals surface area contributed by atoms with Gasteiger partial charge in [-0.15, -0.1) is 0 Å². The molecular weight excluding hydrogens is 200 g/mol. The first-order valence-corrected chi connectivity index (χ1v) is 5.12. The van der Waals surface area contributed by atoms with Gasteiger partial charge in [-0.1, -0.05) is 11.3 Å². The van der Waals surface area contributed by atoms with E-state index in [1.165, 1.54) is 11.3 Å². The van der Waals surface area contributed by atoms with Gasteiger partial charge < -0.3 is 15.6 Å². The maximum absolute atomic E-state index is 10.3. The summed E-state index contributed by atoms with van der Waals surface area (Å²) in [7, 11) is 1.57. The molecule has 1 unspecified atom stereocenters. The van der Waals surface area contributed by atoms with Crippen LogP contribution >= 0.6 is 11.3 Å². The molecule has 80 valence electrons. The van der Waals surface area contributed by atoms with E-state index in [1.807, 2.05) is 13.8 Å². The van der Waals surface area contributed by atoms with Crippen molar-refractivity contribution in [2.75, 3.05) is 12.8 Å². The molecule has 14 heavy (non-hydrogen) atoms. The Balaban J connectivity index is 3.07. The monoisotopic (exact) mass is 216 g/mol. The van der Waals surface area contributed by atoms with Crippen molar-refractivity contribution in [1.82, 2.24) is 4.98 Å². The van der Waals surface area contributed by atoms with Crippen molar-refractivity contribution in [2.24, 2.45) is 0 Å². The van der Waals surface area contributed by atoms with Gasteiger partial charge in [-0.05, 0) is 20.8 Å². The summed E-state index contributed by atoms with van der Waals surface area (Å²) in [4.78, 5) is 4.62. The Morgan fingerprint density at radius 3 is 2.43 bits per heavy atom. The first kappa shape index (κ1) is 11.4. The molecule has 1 heterocycles. The maximum atomic E-state index is 10.3. The van der Waals surface area contributed by atoms with Gasteiger partial charge in [0.25, 0.3) is 0 Å². The van der Waals surface area contributed by atoms with E-state index < -0.39 is 11.2 Å². The zero-order valence-electron chi connectivity index (χ0n) is 8.87. The predicted octanol–water partition coefficient (Wildman–Crippen LogP) is 1.36. The normalized spacial score (nSPS) is 16.6. The number of methoxy groups -OCH3 is 1. The van der Waals surface area contributed by atoms with E-state index in [-0.39, 0.29) is 0 Å². The lowest BCUT2D eigenvalue weighted by atomic mass is 9.86. The van der Waals surface area contributed by atoms with Crippen LogP contribution in [0.2, 0.25) is 0 Å². The van der Waals surface area contributed by atoms with E-state index in [2.05, 4.69) is 4.98 Å². The molecule has 0 spiro atoms. The molecular formula is C9H16N2O2S. The number of rotatable bonds is 3. The molecule has 3 N–H and O–H groups in total. The van der Waals surface area contributed by atoms with Crippen LogP contribution in [0.4, 0.5) is 5.13 Å². The highest BCUT2D eigenvalue weighted by atomic mass is 32.1. The highest BCUT2D eigenvalue weighted by Crippen LogP contribution is 2.37. The summed E-state index contributed by atoms with van der Waals surface area (Å²) in [5.74, 6) is 0. The average Bonchev–Trinajstić information content (AvgIpc) is 2.52. The third-order valence-electron chi connectivity index (χ3n) is 2.69. The Morgan fingerprint density at radius 2 is 2.07 bits per heavy atom. The molecule has 0 aliphatic heterocycles. The summed E-state index contributed by atoms with van der Waals surface area (Å²) in [6.07, 6.45) is 1.58. The molecule has 0 saturated carbocycles. The van der Waals surface area contributed by atoms with E-state index in [0.29, 0.717) is 10.0 Å². The molecule has 1 aromatic heterocycles. The van der Waals surface area contributed by atoms with Gasteiger partial charge in [-0.2, -0.15) is 0 Å². The number of anilines is 1. The molecule has 0 amide bonds. The summed E-state index contributed by atoms with van der Waals surface area (Å²) in [6, 6.07) is 0. The van der Waals surface area contributed by atoms with Gasteiger partial charge in [0.05, 0.1) is 10.5 Å². The minimum Gasteiger partial charge on any atom is -0.382 e. The Morgan fingerprint density at radius 1 is 1.50 bits per heavy atom. The Hall–Kier alpha value is -0.650. The van der Waals surface area contributed by atoms with Crippen molar-refractivity contribution in [3.8, 4) is 0 Å². The van der Waals surface area contributed by atoms with E-state index in [1.54, 1.807) is 20.2 Å². The first-order valence-electron chi connectivity index (χ1n) is 4.30. The molecule has 0 aliphatic carbocycles. The molecule has 0 fully saturated rings. The third-order valence-corrected chi connectivity index (χ3v) is 3.72. The zero-order chi connectivity index (χ0) is 11.0. The van der Waals surface area contributed by atoms with Crippen molar-refractivity contribution < 1.29 is 9.84 Å². The van der Waals surface area contributed by atoms with Gasteiger partial charge in [-0.25, -0.2) is 4.98 Å². The zero-order valence-corrected chi connectivity index (χ0v) is 9.68. The first-order chi connectivity index (χ1) is 6.31. The largest absolute Gasteiger partial charge is 0.382 e. The number of hydrogen-bond acceptors (Lipinski definition) is 5. The van der Waals surface area contributed by atoms with E-state index >= 15 is 0 Å². The predicted molar refractivity (Wildman–Crippen MR) is 57.2 cm³/mol. The number of hydrogen-bond donors (Lipinski definition) is 2. The van der Waals surface area contributed by atoms with E-state index in [0.717, 1.165) is 0 Å². The fraction of sp³-hybridized carbons (Fsp3) is 0.667. The summed E-state index contributed by atoms with van der Waals surface area (Å²) >= 11 is 1.27. The molecule has 0 saturated heterocycles. The second kappa shape index (κ2) is 3.49. The molecule has 1 aromatic rings. The Bertz CT molecular complexity index is 320. The number of aliphatic hydroxyl groups is 1. The molecule has 1 rings (SSSR count). The minimum absolute atomic E-state index is 0.451.